The van der Waals surface area contributed by atoms with Gasteiger partial charge in [0.15, 0.2) is 0 Å². The maximum atomic E-state index is 13.0. The number of carbonyl (C=O) groups excluding carboxylic acids is 2. The number of likely N-dealkylation sites (tertiary alicyclic amines) is 1. The molecule has 4 rings (SSSR count). The predicted molar refractivity (Wildman–Crippen MR) is 109 cm³/mol. The van der Waals surface area contributed by atoms with Gasteiger partial charge in [-0.2, -0.15) is 0 Å². The third-order valence-electron chi connectivity index (χ3n) is 5.56. The number of esters is 1. The Morgan fingerprint density at radius 2 is 1.68 bits per heavy atom. The van der Waals surface area contributed by atoms with E-state index < -0.39 is 0 Å². The van der Waals surface area contributed by atoms with Crippen LogP contribution in [0.5, 0.6) is 0 Å². The zero-order valence-corrected chi connectivity index (χ0v) is 16.0. The molecule has 2 aromatic carbocycles. The Morgan fingerprint density at radius 1 is 1.00 bits per heavy atom. The summed E-state index contributed by atoms with van der Waals surface area (Å²) in [5.41, 5.74) is 3.19. The van der Waals surface area contributed by atoms with Crippen molar-refractivity contribution in [2.75, 3.05) is 20.2 Å². The minimum atomic E-state index is -0.171. The molecule has 1 aromatic heterocycles. The molecule has 3 aromatic rings. The van der Waals surface area contributed by atoms with Crippen molar-refractivity contribution >= 4 is 22.8 Å². The van der Waals surface area contributed by atoms with Crippen molar-refractivity contribution < 1.29 is 14.3 Å². The van der Waals surface area contributed by atoms with E-state index in [4.69, 9.17) is 4.74 Å². The number of benzene rings is 2. The predicted octanol–water partition coefficient (Wildman–Crippen LogP) is 3.72. The fraction of sp³-hybridized carbons (Fsp3) is 0.304. The molecular weight excluding hydrogens is 352 g/mol. The lowest BCUT2D eigenvalue weighted by Crippen LogP contribution is -2.42. The summed E-state index contributed by atoms with van der Waals surface area (Å²) < 4.78 is 6.93. The molecule has 0 atom stereocenters. The zero-order valence-electron chi connectivity index (χ0n) is 16.0. The number of fused-ring (bicyclic) bond motifs is 1. The van der Waals surface area contributed by atoms with Gasteiger partial charge < -0.3 is 14.2 Å². The van der Waals surface area contributed by atoms with E-state index in [0.29, 0.717) is 32.5 Å². The third-order valence-corrected chi connectivity index (χ3v) is 5.56. The molecule has 0 bridgehead atoms. The number of ether oxygens (including phenoxy) is 1. The van der Waals surface area contributed by atoms with Crippen LogP contribution in [0.1, 0.15) is 12.8 Å². The number of aromatic nitrogens is 1. The molecule has 144 valence electrons. The molecule has 2 heterocycles. The fourth-order valence-electron chi connectivity index (χ4n) is 4.00. The first-order valence-electron chi connectivity index (χ1n) is 9.66. The van der Waals surface area contributed by atoms with Crippen molar-refractivity contribution in [2.45, 2.75) is 19.4 Å². The number of amides is 1. The third kappa shape index (κ3) is 3.52. The van der Waals surface area contributed by atoms with Gasteiger partial charge in [-0.05, 0) is 30.5 Å². The number of rotatable bonds is 4. The molecule has 0 saturated carbocycles. The second kappa shape index (κ2) is 7.89. The molecular formula is C23H24N2O3. The Balaban J connectivity index is 1.58. The van der Waals surface area contributed by atoms with Crippen LogP contribution in [0.15, 0.2) is 60.7 Å². The van der Waals surface area contributed by atoms with Crippen molar-refractivity contribution in [3.63, 3.8) is 0 Å². The average Bonchev–Trinajstić information content (AvgIpc) is 3.12. The van der Waals surface area contributed by atoms with Crippen molar-refractivity contribution in [3.8, 4) is 11.3 Å². The summed E-state index contributed by atoms with van der Waals surface area (Å²) in [5.74, 6) is -0.182. The van der Waals surface area contributed by atoms with Crippen LogP contribution in [0, 0.1) is 5.92 Å². The molecule has 5 nitrogen and oxygen atoms in total. The quantitative estimate of drug-likeness (QED) is 0.652. The van der Waals surface area contributed by atoms with Gasteiger partial charge in [-0.1, -0.05) is 48.5 Å². The summed E-state index contributed by atoms with van der Waals surface area (Å²) in [6.07, 6.45) is 1.33. The average molecular weight is 376 g/mol. The minimum absolute atomic E-state index is 0.0850. The Bertz CT molecular complexity index is 986. The summed E-state index contributed by atoms with van der Waals surface area (Å²) in [7, 11) is 1.42. The highest BCUT2D eigenvalue weighted by Gasteiger charge is 2.28. The Labute approximate surface area is 164 Å². The molecule has 1 aliphatic heterocycles. The monoisotopic (exact) mass is 376 g/mol. The van der Waals surface area contributed by atoms with Gasteiger partial charge in [0.1, 0.15) is 6.54 Å². The first-order chi connectivity index (χ1) is 13.7. The van der Waals surface area contributed by atoms with Crippen LogP contribution in [0.25, 0.3) is 22.2 Å². The molecule has 0 aliphatic carbocycles. The molecule has 0 unspecified atom stereocenters. The lowest BCUT2D eigenvalue weighted by molar-refractivity contribution is -0.149. The standard InChI is InChI=1S/C23H24N2O3/c1-28-23(27)18-11-13-24(14-12-18)22(26)16-25-20-10-6-5-9-19(20)15-21(25)17-7-3-2-4-8-17/h2-10,15,18H,11-14,16H2,1H3. The van der Waals surface area contributed by atoms with E-state index in [-0.39, 0.29) is 17.8 Å². The zero-order chi connectivity index (χ0) is 19.5. The van der Waals surface area contributed by atoms with Crippen molar-refractivity contribution in [1.82, 2.24) is 9.47 Å². The van der Waals surface area contributed by atoms with Crippen LogP contribution in [0.3, 0.4) is 0 Å². The first kappa shape index (κ1) is 18.3. The van der Waals surface area contributed by atoms with E-state index in [2.05, 4.69) is 34.9 Å². The number of carbonyl (C=O) groups is 2. The summed E-state index contributed by atoms with van der Waals surface area (Å²) in [6, 6.07) is 20.4. The topological polar surface area (TPSA) is 51.5 Å². The van der Waals surface area contributed by atoms with Gasteiger partial charge in [0.25, 0.3) is 0 Å². The largest absolute Gasteiger partial charge is 0.469 e. The van der Waals surface area contributed by atoms with E-state index in [1.165, 1.54) is 7.11 Å². The lowest BCUT2D eigenvalue weighted by atomic mass is 9.97. The first-order valence-corrected chi connectivity index (χ1v) is 9.66. The van der Waals surface area contributed by atoms with Gasteiger partial charge in [-0.15, -0.1) is 0 Å². The summed E-state index contributed by atoms with van der Waals surface area (Å²) in [6.45, 7) is 1.48. The molecule has 0 N–H and O–H groups in total. The second-order valence-corrected chi connectivity index (χ2v) is 7.22. The summed E-state index contributed by atoms with van der Waals surface area (Å²) in [5, 5.41) is 1.12. The normalized spacial score (nSPS) is 15.0. The number of methoxy groups -OCH3 is 1. The number of hydrogen-bond donors (Lipinski definition) is 0. The highest BCUT2D eigenvalue weighted by Crippen LogP contribution is 2.28. The van der Waals surface area contributed by atoms with Crippen LogP contribution in [-0.4, -0.2) is 41.5 Å². The van der Waals surface area contributed by atoms with Crippen molar-refractivity contribution in [2.24, 2.45) is 5.92 Å². The Morgan fingerprint density at radius 3 is 2.39 bits per heavy atom. The second-order valence-electron chi connectivity index (χ2n) is 7.22. The molecule has 1 aliphatic rings. The molecule has 1 amide bonds. The fourth-order valence-corrected chi connectivity index (χ4v) is 4.00. The number of para-hydroxylation sites is 1. The summed E-state index contributed by atoms with van der Waals surface area (Å²) >= 11 is 0. The van der Waals surface area contributed by atoms with Crippen LogP contribution in [-0.2, 0) is 20.9 Å². The number of piperidine rings is 1. The van der Waals surface area contributed by atoms with E-state index in [1.807, 2.05) is 35.2 Å². The summed E-state index contributed by atoms with van der Waals surface area (Å²) in [4.78, 5) is 26.6. The molecule has 1 fully saturated rings. The molecule has 0 radical (unpaired) electrons. The van der Waals surface area contributed by atoms with Crippen LogP contribution in [0.2, 0.25) is 0 Å². The van der Waals surface area contributed by atoms with Gasteiger partial charge in [-0.25, -0.2) is 0 Å². The lowest BCUT2D eigenvalue weighted by Gasteiger charge is -2.31. The van der Waals surface area contributed by atoms with E-state index >= 15 is 0 Å². The van der Waals surface area contributed by atoms with E-state index in [0.717, 1.165) is 22.2 Å². The number of nitrogens with zero attached hydrogens (tertiary/aromatic N) is 2. The molecule has 28 heavy (non-hydrogen) atoms. The van der Waals surface area contributed by atoms with Gasteiger partial charge in [0.05, 0.1) is 13.0 Å². The molecule has 5 heteroatoms. The van der Waals surface area contributed by atoms with Gasteiger partial charge in [-0.3, -0.25) is 9.59 Å². The van der Waals surface area contributed by atoms with Crippen LogP contribution < -0.4 is 0 Å². The molecule has 1 saturated heterocycles. The molecule has 0 spiro atoms. The number of hydrogen-bond acceptors (Lipinski definition) is 3. The smallest absolute Gasteiger partial charge is 0.308 e. The SMILES string of the molecule is COC(=O)C1CCN(C(=O)Cn2c(-c3ccccc3)cc3ccccc32)CC1. The highest BCUT2D eigenvalue weighted by atomic mass is 16.5. The minimum Gasteiger partial charge on any atom is -0.469 e. The van der Waals surface area contributed by atoms with E-state index in [1.54, 1.807) is 0 Å². The highest BCUT2D eigenvalue weighted by molar-refractivity contribution is 5.89. The van der Waals surface area contributed by atoms with Gasteiger partial charge in [0, 0.05) is 29.7 Å². The maximum Gasteiger partial charge on any atom is 0.308 e. The van der Waals surface area contributed by atoms with Gasteiger partial charge in [0.2, 0.25) is 5.91 Å². The maximum absolute atomic E-state index is 13.0. The van der Waals surface area contributed by atoms with Crippen LogP contribution in [0.4, 0.5) is 0 Å². The Hall–Kier alpha value is -3.08. The van der Waals surface area contributed by atoms with Crippen molar-refractivity contribution in [1.29, 1.82) is 0 Å². The van der Waals surface area contributed by atoms with Gasteiger partial charge >= 0.3 is 5.97 Å². The van der Waals surface area contributed by atoms with Crippen LogP contribution >= 0.6 is 0 Å². The Kier molecular flexibility index (Phi) is 5.15. The van der Waals surface area contributed by atoms with E-state index in [9.17, 15) is 9.59 Å². The van der Waals surface area contributed by atoms with Crippen molar-refractivity contribution in [3.05, 3.63) is 60.7 Å².